The molecule has 0 radical (unpaired) electrons. The molecule has 0 saturated carbocycles. The molecule has 172 valence electrons. The Morgan fingerprint density at radius 1 is 0.971 bits per heavy atom. The van der Waals surface area contributed by atoms with Crippen molar-refractivity contribution < 1.29 is 19.1 Å². The molecule has 0 spiro atoms. The van der Waals surface area contributed by atoms with E-state index < -0.39 is 11.8 Å². The maximum Gasteiger partial charge on any atom is 0.278 e. The standard InChI is InChI=1S/C26H24N4O4/c1-3-34-22-10-5-4-9-21(22)29-24-23(18-11-13-19(14-12-18)28-17(2)31)25(32)30(26(24)33)16-20-8-6-7-15-27-20/h4-15,29H,3,16H2,1-2H3,(H,28,31). The van der Waals surface area contributed by atoms with Crippen LogP contribution in [0.1, 0.15) is 25.1 Å². The van der Waals surface area contributed by atoms with Gasteiger partial charge in [-0.05, 0) is 48.9 Å². The van der Waals surface area contributed by atoms with Gasteiger partial charge in [0.1, 0.15) is 11.4 Å². The molecule has 1 aliphatic rings. The normalized spacial score (nSPS) is 13.3. The second kappa shape index (κ2) is 9.99. The van der Waals surface area contributed by atoms with Gasteiger partial charge >= 0.3 is 0 Å². The second-order valence-corrected chi connectivity index (χ2v) is 7.58. The number of imide groups is 1. The molecule has 0 fully saturated rings. The lowest BCUT2D eigenvalue weighted by atomic mass is 10.0. The summed E-state index contributed by atoms with van der Waals surface area (Å²) in [5.74, 6) is -0.515. The van der Waals surface area contributed by atoms with Crippen molar-refractivity contribution in [2.75, 3.05) is 17.2 Å². The van der Waals surface area contributed by atoms with E-state index in [-0.39, 0.29) is 23.7 Å². The molecular formula is C26H24N4O4. The third kappa shape index (κ3) is 4.80. The van der Waals surface area contributed by atoms with E-state index in [0.29, 0.717) is 35.0 Å². The van der Waals surface area contributed by atoms with E-state index in [2.05, 4.69) is 15.6 Å². The molecule has 34 heavy (non-hydrogen) atoms. The van der Waals surface area contributed by atoms with Gasteiger partial charge in [0.05, 0.1) is 30.1 Å². The number of nitrogens with zero attached hydrogens (tertiary/aromatic N) is 2. The van der Waals surface area contributed by atoms with Crippen molar-refractivity contribution in [1.82, 2.24) is 9.88 Å². The number of benzene rings is 2. The number of hydrogen-bond donors (Lipinski definition) is 2. The first-order valence-corrected chi connectivity index (χ1v) is 10.8. The Bertz CT molecular complexity index is 1250. The summed E-state index contributed by atoms with van der Waals surface area (Å²) in [5.41, 5.74) is 2.71. The number of carbonyl (C=O) groups is 3. The van der Waals surface area contributed by atoms with Gasteiger partial charge in [-0.2, -0.15) is 0 Å². The number of anilines is 2. The number of rotatable bonds is 8. The third-order valence-corrected chi connectivity index (χ3v) is 5.15. The first-order valence-electron chi connectivity index (χ1n) is 10.8. The molecular weight excluding hydrogens is 432 g/mol. The van der Waals surface area contributed by atoms with Crippen LogP contribution in [0, 0.1) is 0 Å². The molecule has 0 bridgehead atoms. The molecule has 0 saturated heterocycles. The number of aromatic nitrogens is 1. The van der Waals surface area contributed by atoms with Crippen LogP contribution >= 0.6 is 0 Å². The Labute approximate surface area is 197 Å². The number of pyridine rings is 1. The lowest BCUT2D eigenvalue weighted by Crippen LogP contribution is -2.32. The van der Waals surface area contributed by atoms with Crippen LogP contribution in [0.15, 0.2) is 78.6 Å². The number of nitrogens with one attached hydrogen (secondary N) is 2. The summed E-state index contributed by atoms with van der Waals surface area (Å²) in [6.07, 6.45) is 1.62. The summed E-state index contributed by atoms with van der Waals surface area (Å²) in [6.45, 7) is 3.79. The third-order valence-electron chi connectivity index (χ3n) is 5.15. The van der Waals surface area contributed by atoms with Crippen LogP contribution < -0.4 is 15.4 Å². The van der Waals surface area contributed by atoms with Gasteiger partial charge in [-0.3, -0.25) is 24.3 Å². The fraction of sp³-hybridized carbons (Fsp3) is 0.154. The molecule has 0 aliphatic carbocycles. The smallest absolute Gasteiger partial charge is 0.278 e. The van der Waals surface area contributed by atoms with Gasteiger partial charge in [0.25, 0.3) is 11.8 Å². The maximum atomic E-state index is 13.5. The van der Waals surface area contributed by atoms with E-state index in [9.17, 15) is 14.4 Å². The van der Waals surface area contributed by atoms with Gasteiger partial charge in [0.2, 0.25) is 5.91 Å². The van der Waals surface area contributed by atoms with Crippen LogP contribution in [0.5, 0.6) is 5.75 Å². The molecule has 0 atom stereocenters. The van der Waals surface area contributed by atoms with Crippen LogP contribution in [0.4, 0.5) is 11.4 Å². The summed E-state index contributed by atoms with van der Waals surface area (Å²) in [6, 6.07) is 19.4. The predicted molar refractivity (Wildman–Crippen MR) is 129 cm³/mol. The molecule has 1 aromatic heterocycles. The SMILES string of the molecule is CCOc1ccccc1NC1=C(c2ccc(NC(C)=O)cc2)C(=O)N(Cc2ccccn2)C1=O. The zero-order valence-electron chi connectivity index (χ0n) is 18.9. The minimum Gasteiger partial charge on any atom is -0.492 e. The monoisotopic (exact) mass is 456 g/mol. The molecule has 2 aromatic carbocycles. The van der Waals surface area contributed by atoms with Gasteiger partial charge < -0.3 is 15.4 Å². The number of para-hydroxylation sites is 2. The molecule has 4 rings (SSSR count). The minimum absolute atomic E-state index is 0.0459. The fourth-order valence-electron chi connectivity index (χ4n) is 3.67. The number of amides is 3. The summed E-state index contributed by atoms with van der Waals surface area (Å²) in [5, 5.41) is 5.84. The highest BCUT2D eigenvalue weighted by atomic mass is 16.5. The summed E-state index contributed by atoms with van der Waals surface area (Å²) in [7, 11) is 0. The largest absolute Gasteiger partial charge is 0.492 e. The maximum absolute atomic E-state index is 13.5. The number of ether oxygens (including phenoxy) is 1. The average Bonchev–Trinajstić information content (AvgIpc) is 3.05. The van der Waals surface area contributed by atoms with Gasteiger partial charge in [-0.25, -0.2) is 0 Å². The Morgan fingerprint density at radius 3 is 2.38 bits per heavy atom. The van der Waals surface area contributed by atoms with Gasteiger partial charge in [0, 0.05) is 18.8 Å². The highest BCUT2D eigenvalue weighted by Gasteiger charge is 2.39. The molecule has 8 nitrogen and oxygen atoms in total. The quantitative estimate of drug-likeness (QED) is 0.500. The first-order chi connectivity index (χ1) is 16.5. The van der Waals surface area contributed by atoms with Crippen molar-refractivity contribution in [1.29, 1.82) is 0 Å². The van der Waals surface area contributed by atoms with E-state index in [4.69, 9.17) is 4.74 Å². The van der Waals surface area contributed by atoms with E-state index in [1.165, 1.54) is 11.8 Å². The van der Waals surface area contributed by atoms with Crippen LogP contribution in [-0.4, -0.2) is 34.2 Å². The van der Waals surface area contributed by atoms with Crippen molar-refractivity contribution in [3.63, 3.8) is 0 Å². The second-order valence-electron chi connectivity index (χ2n) is 7.58. The lowest BCUT2D eigenvalue weighted by Gasteiger charge is -2.15. The van der Waals surface area contributed by atoms with Crippen LogP contribution in [0.2, 0.25) is 0 Å². The molecule has 3 amide bonds. The molecule has 1 aliphatic heterocycles. The van der Waals surface area contributed by atoms with Crippen molar-refractivity contribution in [3.05, 3.63) is 89.9 Å². The van der Waals surface area contributed by atoms with E-state index in [0.717, 1.165) is 0 Å². The molecule has 8 heteroatoms. The van der Waals surface area contributed by atoms with Crippen LogP contribution in [0.25, 0.3) is 5.57 Å². The summed E-state index contributed by atoms with van der Waals surface area (Å²) >= 11 is 0. The van der Waals surface area contributed by atoms with Crippen molar-refractivity contribution in [3.8, 4) is 5.75 Å². The first kappa shape index (κ1) is 22.7. The van der Waals surface area contributed by atoms with Crippen molar-refractivity contribution in [2.24, 2.45) is 0 Å². The summed E-state index contributed by atoms with van der Waals surface area (Å²) < 4.78 is 5.68. The van der Waals surface area contributed by atoms with E-state index >= 15 is 0 Å². The van der Waals surface area contributed by atoms with Crippen LogP contribution in [0.3, 0.4) is 0 Å². The van der Waals surface area contributed by atoms with Gasteiger partial charge in [0.15, 0.2) is 0 Å². The Morgan fingerprint density at radius 2 is 1.71 bits per heavy atom. The highest BCUT2D eigenvalue weighted by molar-refractivity contribution is 6.36. The van der Waals surface area contributed by atoms with Crippen molar-refractivity contribution in [2.45, 2.75) is 20.4 Å². The highest BCUT2D eigenvalue weighted by Crippen LogP contribution is 2.34. The zero-order valence-corrected chi connectivity index (χ0v) is 18.9. The molecule has 0 unspecified atom stereocenters. The van der Waals surface area contributed by atoms with Crippen LogP contribution in [-0.2, 0) is 20.9 Å². The summed E-state index contributed by atoms with van der Waals surface area (Å²) in [4.78, 5) is 43.7. The predicted octanol–water partition coefficient (Wildman–Crippen LogP) is 3.83. The van der Waals surface area contributed by atoms with E-state index in [1.807, 2.05) is 19.1 Å². The number of hydrogen-bond acceptors (Lipinski definition) is 6. The molecule has 3 aromatic rings. The average molecular weight is 457 g/mol. The topological polar surface area (TPSA) is 101 Å². The zero-order chi connectivity index (χ0) is 24.1. The van der Waals surface area contributed by atoms with Crippen molar-refractivity contribution >= 4 is 34.7 Å². The van der Waals surface area contributed by atoms with Gasteiger partial charge in [-0.15, -0.1) is 0 Å². The Kier molecular flexibility index (Phi) is 6.68. The van der Waals surface area contributed by atoms with E-state index in [1.54, 1.807) is 60.8 Å². The fourth-order valence-corrected chi connectivity index (χ4v) is 3.67. The Hall–Kier alpha value is -4.46. The number of carbonyl (C=O) groups excluding carboxylic acids is 3. The minimum atomic E-state index is -0.456. The lowest BCUT2D eigenvalue weighted by molar-refractivity contribution is -0.137. The molecule has 2 N–H and O–H groups in total. The van der Waals surface area contributed by atoms with Gasteiger partial charge in [-0.1, -0.05) is 30.3 Å². The Balaban J connectivity index is 1.74. The molecule has 2 heterocycles.